The molecule has 1 aromatic carbocycles. The van der Waals surface area contributed by atoms with Gasteiger partial charge in [0.2, 0.25) is 0 Å². The van der Waals surface area contributed by atoms with Crippen LogP contribution in [-0.4, -0.2) is 38.3 Å². The number of rotatable bonds is 4. The van der Waals surface area contributed by atoms with Gasteiger partial charge in [-0.05, 0) is 59.1 Å². The summed E-state index contributed by atoms with van der Waals surface area (Å²) in [6.45, 7) is 9.66. The minimum Gasteiger partial charge on any atom is -0.465 e. The van der Waals surface area contributed by atoms with E-state index < -0.39 is 34.9 Å². The van der Waals surface area contributed by atoms with Crippen LogP contribution >= 0.6 is 0 Å². The summed E-state index contributed by atoms with van der Waals surface area (Å²) in [5.41, 5.74) is -0.313. The molecule has 1 amide bonds. The number of hydrogen-bond donors (Lipinski definition) is 1. The maximum absolute atomic E-state index is 14.7. The van der Waals surface area contributed by atoms with Crippen LogP contribution in [0.4, 0.5) is 13.6 Å². The van der Waals surface area contributed by atoms with Crippen LogP contribution in [-0.2, 0) is 16.9 Å². The molecule has 0 bridgehead atoms. The van der Waals surface area contributed by atoms with E-state index in [1.54, 1.807) is 19.4 Å². The largest absolute Gasteiger partial charge is 0.465 e. The summed E-state index contributed by atoms with van der Waals surface area (Å²) >= 11 is 0. The topological polar surface area (TPSA) is 67.6 Å². The minimum absolute atomic E-state index is 0.291. The van der Waals surface area contributed by atoms with Crippen LogP contribution in [0.5, 0.6) is 0 Å². The van der Waals surface area contributed by atoms with Crippen LogP contribution < -0.4 is 0 Å². The van der Waals surface area contributed by atoms with Crippen LogP contribution in [0.25, 0.3) is 0 Å². The fraction of sp³-hybridized carbons (Fsp3) is 0.565. The van der Waals surface area contributed by atoms with Gasteiger partial charge >= 0.3 is 6.09 Å². The number of aromatic nitrogens is 2. The number of ether oxygens (including phenoxy) is 1. The molecule has 0 radical (unpaired) electrons. The maximum Gasteiger partial charge on any atom is 0.408 e. The number of hydrogen-bond acceptors (Lipinski definition) is 3. The summed E-state index contributed by atoms with van der Waals surface area (Å²) in [6, 6.07) is 3.68. The van der Waals surface area contributed by atoms with Gasteiger partial charge in [-0.25, -0.2) is 18.6 Å². The molecule has 6 nitrogen and oxygen atoms in total. The van der Waals surface area contributed by atoms with Gasteiger partial charge in [-0.2, -0.15) is 0 Å². The van der Waals surface area contributed by atoms with Crippen LogP contribution in [0, 0.1) is 11.6 Å². The van der Waals surface area contributed by atoms with Gasteiger partial charge in [-0.3, -0.25) is 4.90 Å². The molecule has 0 fully saturated rings. The minimum atomic E-state index is -1.05. The van der Waals surface area contributed by atoms with E-state index in [-0.39, 0.29) is 5.92 Å². The Morgan fingerprint density at radius 2 is 1.90 bits per heavy atom. The lowest BCUT2D eigenvalue weighted by molar-refractivity contribution is 0.0117. The lowest BCUT2D eigenvalue weighted by atomic mass is 9.91. The first-order chi connectivity index (χ1) is 14.4. The van der Waals surface area contributed by atoms with E-state index >= 15 is 0 Å². The number of methoxy groups -OCH3 is 1. The number of fused-ring (bicyclic) bond motifs is 1. The monoisotopic (exact) mass is 435 g/mol. The average Bonchev–Trinajstić information content (AvgIpc) is 3.01. The summed E-state index contributed by atoms with van der Waals surface area (Å²) in [4.78, 5) is 18.2. The second-order valence-corrected chi connectivity index (χ2v) is 9.58. The van der Waals surface area contributed by atoms with Crippen molar-refractivity contribution in [1.29, 1.82) is 0 Å². The molecule has 0 unspecified atom stereocenters. The van der Waals surface area contributed by atoms with Gasteiger partial charge in [0.15, 0.2) is 11.6 Å². The number of carboxylic acid groups (broad SMARTS) is 1. The van der Waals surface area contributed by atoms with Gasteiger partial charge in [0.25, 0.3) is 0 Å². The molecule has 1 aromatic heterocycles. The van der Waals surface area contributed by atoms with Crippen molar-refractivity contribution in [2.45, 2.75) is 77.1 Å². The fourth-order valence-corrected chi connectivity index (χ4v) is 4.45. The predicted octanol–water partition coefficient (Wildman–Crippen LogP) is 5.44. The van der Waals surface area contributed by atoms with Crippen molar-refractivity contribution < 1.29 is 23.4 Å². The molecule has 31 heavy (non-hydrogen) atoms. The second-order valence-electron chi connectivity index (χ2n) is 9.58. The van der Waals surface area contributed by atoms with Crippen LogP contribution in [0.3, 0.4) is 0 Å². The Balaban J connectivity index is 2.17. The predicted molar refractivity (Wildman–Crippen MR) is 113 cm³/mol. The van der Waals surface area contributed by atoms with Gasteiger partial charge in [0, 0.05) is 25.1 Å². The Morgan fingerprint density at radius 3 is 2.48 bits per heavy atom. The van der Waals surface area contributed by atoms with Gasteiger partial charge in [-0.1, -0.05) is 12.1 Å². The Labute approximate surface area is 181 Å². The highest BCUT2D eigenvalue weighted by atomic mass is 19.2. The SMILES string of the molecule is COC(C)(C)c1cnc2n1C[C@H](c1cccc(F)c1F)CC[C@H]2N(C(=O)O)C(C)(C)C. The van der Waals surface area contributed by atoms with Gasteiger partial charge in [0.05, 0.1) is 17.9 Å². The van der Waals surface area contributed by atoms with Crippen molar-refractivity contribution in [3.8, 4) is 0 Å². The molecule has 3 rings (SSSR count). The van der Waals surface area contributed by atoms with Crippen molar-refractivity contribution in [2.75, 3.05) is 7.11 Å². The molecule has 0 aliphatic carbocycles. The number of imidazole rings is 1. The van der Waals surface area contributed by atoms with Gasteiger partial charge < -0.3 is 14.4 Å². The summed E-state index contributed by atoms with van der Waals surface area (Å²) in [5, 5.41) is 10.0. The van der Waals surface area contributed by atoms with E-state index in [0.717, 1.165) is 11.8 Å². The molecule has 0 saturated carbocycles. The van der Waals surface area contributed by atoms with Gasteiger partial charge in [-0.15, -0.1) is 0 Å². The van der Waals surface area contributed by atoms with Gasteiger partial charge in [0.1, 0.15) is 11.4 Å². The summed E-state index contributed by atoms with van der Waals surface area (Å²) in [5.74, 6) is -1.48. The first kappa shape index (κ1) is 23.2. The van der Waals surface area contributed by atoms with E-state index in [1.807, 2.05) is 39.2 Å². The lowest BCUT2D eigenvalue weighted by Gasteiger charge is -2.39. The lowest BCUT2D eigenvalue weighted by Crippen LogP contribution is -2.47. The zero-order valence-electron chi connectivity index (χ0n) is 18.9. The molecule has 2 heterocycles. The van der Waals surface area contributed by atoms with Crippen molar-refractivity contribution in [3.63, 3.8) is 0 Å². The molecular weight excluding hydrogens is 404 g/mol. The maximum atomic E-state index is 14.7. The summed E-state index contributed by atoms with van der Waals surface area (Å²) in [6.07, 6.45) is 1.57. The molecule has 2 atom stereocenters. The first-order valence-corrected chi connectivity index (χ1v) is 10.5. The number of carbonyl (C=O) groups is 1. The second kappa shape index (κ2) is 8.22. The Bertz CT molecular complexity index is 965. The molecule has 0 saturated heterocycles. The Kier molecular flexibility index (Phi) is 6.15. The molecule has 0 spiro atoms. The average molecular weight is 436 g/mol. The number of benzene rings is 1. The van der Waals surface area contributed by atoms with Crippen molar-refractivity contribution in [1.82, 2.24) is 14.5 Å². The number of nitrogens with zero attached hydrogens (tertiary/aromatic N) is 3. The third kappa shape index (κ3) is 4.31. The molecular formula is C23H31F2N3O3. The third-order valence-corrected chi connectivity index (χ3v) is 6.16. The Morgan fingerprint density at radius 1 is 1.23 bits per heavy atom. The van der Waals surface area contributed by atoms with Crippen LogP contribution in [0.15, 0.2) is 24.4 Å². The van der Waals surface area contributed by atoms with E-state index in [9.17, 15) is 18.7 Å². The molecule has 1 aliphatic rings. The number of halogens is 2. The van der Waals surface area contributed by atoms with Crippen molar-refractivity contribution in [3.05, 3.63) is 53.1 Å². The fourth-order valence-electron chi connectivity index (χ4n) is 4.45. The first-order valence-electron chi connectivity index (χ1n) is 10.5. The standard InChI is InChI=1S/C23H31F2N3O3/c1-22(2,3)28(21(29)30)17-11-10-14(15-8-7-9-16(24)19(15)25)13-27-18(12-26-20(17)27)23(4,5)31-6/h7-9,12,14,17H,10-11,13H2,1-6H3,(H,29,30)/t14-,17-/m1/s1. The van der Waals surface area contributed by atoms with E-state index in [0.29, 0.717) is 30.8 Å². The summed E-state index contributed by atoms with van der Waals surface area (Å²) < 4.78 is 36.2. The normalized spacial score (nSPS) is 19.6. The van der Waals surface area contributed by atoms with E-state index in [2.05, 4.69) is 4.98 Å². The quantitative estimate of drug-likeness (QED) is 0.694. The highest BCUT2D eigenvalue weighted by molar-refractivity contribution is 5.66. The number of amides is 1. The molecule has 170 valence electrons. The zero-order valence-corrected chi connectivity index (χ0v) is 18.9. The van der Waals surface area contributed by atoms with E-state index in [4.69, 9.17) is 4.74 Å². The molecule has 8 heteroatoms. The van der Waals surface area contributed by atoms with Crippen molar-refractivity contribution >= 4 is 6.09 Å². The third-order valence-electron chi connectivity index (χ3n) is 6.16. The van der Waals surface area contributed by atoms with Crippen LogP contribution in [0.1, 0.15) is 76.5 Å². The molecule has 1 N–H and O–H groups in total. The molecule has 2 aromatic rings. The molecule has 1 aliphatic heterocycles. The van der Waals surface area contributed by atoms with Crippen molar-refractivity contribution in [2.24, 2.45) is 0 Å². The van der Waals surface area contributed by atoms with Crippen LogP contribution in [0.2, 0.25) is 0 Å². The van der Waals surface area contributed by atoms with E-state index in [1.165, 1.54) is 11.0 Å². The highest BCUT2D eigenvalue weighted by Gasteiger charge is 2.41. The smallest absolute Gasteiger partial charge is 0.408 e. The zero-order chi connectivity index (χ0) is 23.1. The Hall–Kier alpha value is -2.48. The highest BCUT2D eigenvalue weighted by Crippen LogP contribution is 2.41. The summed E-state index contributed by atoms with van der Waals surface area (Å²) in [7, 11) is 1.59.